The molecule has 0 spiro atoms. The Bertz CT molecular complexity index is 344. The summed E-state index contributed by atoms with van der Waals surface area (Å²) in [6.45, 7) is 3.35. The van der Waals surface area contributed by atoms with Gasteiger partial charge in [0.15, 0.2) is 0 Å². The van der Waals surface area contributed by atoms with Crippen molar-refractivity contribution in [2.24, 2.45) is 0 Å². The fourth-order valence-corrected chi connectivity index (χ4v) is 3.36. The van der Waals surface area contributed by atoms with Gasteiger partial charge in [-0.3, -0.25) is 0 Å². The Morgan fingerprint density at radius 1 is 1.33 bits per heavy atom. The van der Waals surface area contributed by atoms with Crippen LogP contribution in [0, 0.1) is 0 Å². The molecule has 2 atom stereocenters. The predicted octanol–water partition coefficient (Wildman–Crippen LogP) is 3.20. The first-order valence-electron chi connectivity index (χ1n) is 6.98. The zero-order valence-corrected chi connectivity index (χ0v) is 12.2. The first kappa shape index (κ1) is 13.9. The van der Waals surface area contributed by atoms with Crippen LogP contribution in [0.4, 0.5) is 0 Å². The Labute approximate surface area is 115 Å². The highest BCUT2D eigenvalue weighted by atomic mass is 32.2. The number of thioether (sulfide) groups is 1. The number of benzene rings is 1. The molecule has 0 aliphatic carbocycles. The average molecular weight is 264 g/mol. The molecule has 1 aromatic rings. The van der Waals surface area contributed by atoms with Crippen molar-refractivity contribution in [3.63, 3.8) is 0 Å². The maximum Gasteiger partial charge on any atom is 0.0473 e. The third kappa shape index (κ3) is 3.50. The van der Waals surface area contributed by atoms with Crippen LogP contribution in [0.3, 0.4) is 0 Å². The summed E-state index contributed by atoms with van der Waals surface area (Å²) in [6.07, 6.45) is 3.94. The Hall–Kier alpha value is -0.510. The van der Waals surface area contributed by atoms with Gasteiger partial charge < -0.3 is 10.6 Å². The standard InChI is InChI=1S/C15H24N2S/c1-3-18-13-9-7-12(8-10-13)15(16-2)14-6-4-5-11-17-14/h7-10,14-17H,3-6,11H2,1-2H3. The van der Waals surface area contributed by atoms with Gasteiger partial charge in [0, 0.05) is 17.0 Å². The van der Waals surface area contributed by atoms with E-state index in [1.807, 2.05) is 11.8 Å². The van der Waals surface area contributed by atoms with Crippen LogP contribution in [0.15, 0.2) is 29.2 Å². The summed E-state index contributed by atoms with van der Waals surface area (Å²) in [5, 5.41) is 7.11. The van der Waals surface area contributed by atoms with Crippen molar-refractivity contribution >= 4 is 11.8 Å². The van der Waals surface area contributed by atoms with Gasteiger partial charge in [-0.05, 0) is 49.9 Å². The summed E-state index contributed by atoms with van der Waals surface area (Å²) in [5.74, 6) is 1.14. The number of hydrogen-bond donors (Lipinski definition) is 2. The van der Waals surface area contributed by atoms with Crippen molar-refractivity contribution in [2.75, 3.05) is 19.3 Å². The molecule has 18 heavy (non-hydrogen) atoms. The lowest BCUT2D eigenvalue weighted by Crippen LogP contribution is -2.43. The second-order valence-electron chi connectivity index (χ2n) is 4.82. The van der Waals surface area contributed by atoms with Crippen LogP contribution in [0.1, 0.15) is 37.8 Å². The lowest BCUT2D eigenvalue weighted by molar-refractivity contribution is 0.326. The van der Waals surface area contributed by atoms with E-state index in [2.05, 4.69) is 48.9 Å². The van der Waals surface area contributed by atoms with E-state index in [4.69, 9.17) is 0 Å². The molecule has 100 valence electrons. The van der Waals surface area contributed by atoms with E-state index in [0.717, 1.165) is 12.3 Å². The minimum Gasteiger partial charge on any atom is -0.312 e. The van der Waals surface area contributed by atoms with E-state index in [9.17, 15) is 0 Å². The minimum atomic E-state index is 0.436. The number of hydrogen-bond acceptors (Lipinski definition) is 3. The summed E-state index contributed by atoms with van der Waals surface area (Å²) in [6, 6.07) is 10.1. The Kier molecular flexibility index (Phi) is 5.54. The molecule has 2 rings (SSSR count). The molecule has 1 heterocycles. The summed E-state index contributed by atoms with van der Waals surface area (Å²) < 4.78 is 0. The maximum absolute atomic E-state index is 3.64. The Morgan fingerprint density at radius 3 is 2.67 bits per heavy atom. The molecule has 0 saturated carbocycles. The fourth-order valence-electron chi connectivity index (χ4n) is 2.70. The van der Waals surface area contributed by atoms with Gasteiger partial charge in [-0.15, -0.1) is 11.8 Å². The molecule has 1 aliphatic heterocycles. The van der Waals surface area contributed by atoms with Crippen molar-refractivity contribution in [1.82, 2.24) is 10.6 Å². The zero-order chi connectivity index (χ0) is 12.8. The van der Waals surface area contributed by atoms with Crippen LogP contribution in [0.2, 0.25) is 0 Å². The number of nitrogens with one attached hydrogen (secondary N) is 2. The molecule has 1 saturated heterocycles. The highest BCUT2D eigenvalue weighted by molar-refractivity contribution is 7.99. The summed E-state index contributed by atoms with van der Waals surface area (Å²) in [7, 11) is 2.07. The van der Waals surface area contributed by atoms with Crippen LogP contribution in [0.5, 0.6) is 0 Å². The molecule has 1 aliphatic rings. The SMILES string of the molecule is CCSc1ccc(C(NC)C2CCCCN2)cc1. The monoisotopic (exact) mass is 264 g/mol. The lowest BCUT2D eigenvalue weighted by atomic mass is 9.93. The molecule has 1 aromatic carbocycles. The van der Waals surface area contributed by atoms with Crippen molar-refractivity contribution in [3.05, 3.63) is 29.8 Å². The normalized spacial score (nSPS) is 21.8. The fraction of sp³-hybridized carbons (Fsp3) is 0.600. The van der Waals surface area contributed by atoms with Gasteiger partial charge in [-0.25, -0.2) is 0 Å². The third-order valence-corrected chi connectivity index (χ3v) is 4.51. The Morgan fingerprint density at radius 2 is 2.11 bits per heavy atom. The predicted molar refractivity (Wildman–Crippen MR) is 80.3 cm³/mol. The highest BCUT2D eigenvalue weighted by Gasteiger charge is 2.22. The molecule has 0 bridgehead atoms. The molecule has 2 nitrogen and oxygen atoms in total. The van der Waals surface area contributed by atoms with E-state index < -0.39 is 0 Å². The van der Waals surface area contributed by atoms with Crippen molar-refractivity contribution in [1.29, 1.82) is 0 Å². The number of rotatable bonds is 5. The van der Waals surface area contributed by atoms with E-state index >= 15 is 0 Å². The molecule has 3 heteroatoms. The van der Waals surface area contributed by atoms with Crippen LogP contribution in [0.25, 0.3) is 0 Å². The number of piperidine rings is 1. The topological polar surface area (TPSA) is 24.1 Å². The summed E-state index contributed by atoms with van der Waals surface area (Å²) in [5.41, 5.74) is 1.40. The third-order valence-electron chi connectivity index (χ3n) is 3.61. The number of likely N-dealkylation sites (N-methyl/N-ethyl adjacent to an activating group) is 1. The average Bonchev–Trinajstić information content (AvgIpc) is 2.43. The van der Waals surface area contributed by atoms with Crippen LogP contribution in [-0.4, -0.2) is 25.4 Å². The minimum absolute atomic E-state index is 0.436. The quantitative estimate of drug-likeness (QED) is 0.799. The van der Waals surface area contributed by atoms with Gasteiger partial charge >= 0.3 is 0 Å². The molecular weight excluding hydrogens is 240 g/mol. The molecule has 1 fully saturated rings. The van der Waals surface area contributed by atoms with E-state index in [1.165, 1.54) is 29.7 Å². The highest BCUT2D eigenvalue weighted by Crippen LogP contribution is 2.25. The first-order valence-corrected chi connectivity index (χ1v) is 7.97. The van der Waals surface area contributed by atoms with Crippen molar-refractivity contribution in [2.45, 2.75) is 43.2 Å². The van der Waals surface area contributed by atoms with E-state index in [-0.39, 0.29) is 0 Å². The van der Waals surface area contributed by atoms with Gasteiger partial charge in [0.05, 0.1) is 0 Å². The molecular formula is C15H24N2S. The second-order valence-corrected chi connectivity index (χ2v) is 6.16. The van der Waals surface area contributed by atoms with Gasteiger partial charge in [0.1, 0.15) is 0 Å². The lowest BCUT2D eigenvalue weighted by Gasteiger charge is -2.31. The maximum atomic E-state index is 3.64. The van der Waals surface area contributed by atoms with Crippen LogP contribution >= 0.6 is 11.8 Å². The van der Waals surface area contributed by atoms with Crippen molar-refractivity contribution < 1.29 is 0 Å². The molecule has 2 N–H and O–H groups in total. The summed E-state index contributed by atoms with van der Waals surface area (Å²) >= 11 is 1.90. The molecule has 2 unspecified atom stereocenters. The van der Waals surface area contributed by atoms with Gasteiger partial charge in [0.25, 0.3) is 0 Å². The van der Waals surface area contributed by atoms with Gasteiger partial charge in [-0.1, -0.05) is 25.5 Å². The van der Waals surface area contributed by atoms with Gasteiger partial charge in [0.2, 0.25) is 0 Å². The molecule has 0 aromatic heterocycles. The second kappa shape index (κ2) is 7.17. The van der Waals surface area contributed by atoms with Crippen LogP contribution in [-0.2, 0) is 0 Å². The van der Waals surface area contributed by atoms with Crippen molar-refractivity contribution in [3.8, 4) is 0 Å². The Balaban J connectivity index is 2.06. The van der Waals surface area contributed by atoms with Gasteiger partial charge in [-0.2, -0.15) is 0 Å². The summed E-state index contributed by atoms with van der Waals surface area (Å²) in [4.78, 5) is 1.37. The first-order chi connectivity index (χ1) is 8.85. The van der Waals surface area contributed by atoms with E-state index in [0.29, 0.717) is 12.1 Å². The van der Waals surface area contributed by atoms with E-state index in [1.54, 1.807) is 0 Å². The van der Waals surface area contributed by atoms with Crippen LogP contribution < -0.4 is 10.6 Å². The smallest absolute Gasteiger partial charge is 0.0473 e. The molecule has 0 radical (unpaired) electrons. The zero-order valence-electron chi connectivity index (χ0n) is 11.4. The molecule has 0 amide bonds. The largest absolute Gasteiger partial charge is 0.312 e.